The fourth-order valence-corrected chi connectivity index (χ4v) is 3.98. The lowest BCUT2D eigenvalue weighted by molar-refractivity contribution is 0.219. The van der Waals surface area contributed by atoms with Crippen molar-refractivity contribution in [2.24, 2.45) is 0 Å². The smallest absolute Gasteiger partial charge is 0.133 e. The highest BCUT2D eigenvalue weighted by Gasteiger charge is 2.15. The van der Waals surface area contributed by atoms with E-state index in [-0.39, 0.29) is 0 Å². The Labute approximate surface area is 151 Å². The topological polar surface area (TPSA) is 86.6 Å². The Bertz CT molecular complexity index is 1060. The molecule has 0 aliphatic carbocycles. The number of likely N-dealkylation sites (tertiary alicyclic amines) is 1. The van der Waals surface area contributed by atoms with Gasteiger partial charge >= 0.3 is 0 Å². The number of nitrogens with zero attached hydrogens (tertiary/aromatic N) is 3. The lowest BCUT2D eigenvalue weighted by Gasteiger charge is -2.25. The average molecular weight is 346 g/mol. The number of H-pyrrole nitrogens is 2. The van der Waals surface area contributed by atoms with Crippen molar-refractivity contribution >= 4 is 27.6 Å². The minimum absolute atomic E-state index is 0.579. The molecule has 3 aromatic heterocycles. The molecule has 0 radical (unpaired) electrons. The summed E-state index contributed by atoms with van der Waals surface area (Å²) in [6, 6.07) is 10.4. The first-order valence-corrected chi connectivity index (χ1v) is 9.21. The van der Waals surface area contributed by atoms with Gasteiger partial charge in [-0.2, -0.15) is 5.10 Å². The van der Waals surface area contributed by atoms with Gasteiger partial charge in [0.25, 0.3) is 0 Å². The van der Waals surface area contributed by atoms with Gasteiger partial charge in [0.2, 0.25) is 0 Å². The van der Waals surface area contributed by atoms with Crippen LogP contribution in [0.15, 0.2) is 36.5 Å². The molecule has 0 amide bonds. The van der Waals surface area contributed by atoms with Gasteiger partial charge in [0, 0.05) is 34.8 Å². The molecule has 132 valence electrons. The number of aromatic nitrogens is 4. The van der Waals surface area contributed by atoms with Crippen LogP contribution in [0.3, 0.4) is 0 Å². The van der Waals surface area contributed by atoms with Crippen molar-refractivity contribution in [3.05, 3.63) is 42.2 Å². The summed E-state index contributed by atoms with van der Waals surface area (Å²) in [6.07, 6.45) is 5.69. The van der Waals surface area contributed by atoms with Crippen LogP contribution in [0, 0.1) is 0 Å². The highest BCUT2D eigenvalue weighted by atomic mass is 15.1. The second-order valence-corrected chi connectivity index (χ2v) is 7.12. The molecule has 0 unspecified atom stereocenters. The maximum Gasteiger partial charge on any atom is 0.133 e. The van der Waals surface area contributed by atoms with Crippen LogP contribution < -0.4 is 5.73 Å². The number of hydrogen-bond donors (Lipinski definition) is 3. The zero-order chi connectivity index (χ0) is 17.5. The molecule has 1 aromatic carbocycles. The Morgan fingerprint density at radius 2 is 1.92 bits per heavy atom. The van der Waals surface area contributed by atoms with Crippen molar-refractivity contribution in [1.29, 1.82) is 0 Å². The van der Waals surface area contributed by atoms with Crippen molar-refractivity contribution in [3.8, 4) is 11.3 Å². The minimum atomic E-state index is 0.579. The quantitative estimate of drug-likeness (QED) is 0.528. The number of nitrogens with one attached hydrogen (secondary N) is 2. The Morgan fingerprint density at radius 1 is 1.04 bits per heavy atom. The molecule has 1 fully saturated rings. The van der Waals surface area contributed by atoms with Crippen molar-refractivity contribution in [1.82, 2.24) is 25.1 Å². The van der Waals surface area contributed by atoms with E-state index in [0.29, 0.717) is 5.82 Å². The van der Waals surface area contributed by atoms with E-state index < -0.39 is 0 Å². The fraction of sp³-hybridized carbons (Fsp3) is 0.300. The molecular weight excluding hydrogens is 324 g/mol. The molecule has 0 bridgehead atoms. The molecule has 4 N–H and O–H groups in total. The normalized spacial score (nSPS) is 15.8. The van der Waals surface area contributed by atoms with Gasteiger partial charge < -0.3 is 10.7 Å². The summed E-state index contributed by atoms with van der Waals surface area (Å²) >= 11 is 0. The Morgan fingerprint density at radius 3 is 2.73 bits per heavy atom. The van der Waals surface area contributed by atoms with Crippen LogP contribution in [0.1, 0.15) is 25.0 Å². The van der Waals surface area contributed by atoms with E-state index >= 15 is 0 Å². The molecule has 0 atom stereocenters. The maximum atomic E-state index is 6.27. The number of piperidine rings is 1. The number of nitrogens with two attached hydrogens (primary N) is 1. The second kappa shape index (κ2) is 6.14. The van der Waals surface area contributed by atoms with E-state index in [0.717, 1.165) is 39.6 Å². The number of anilines is 1. The molecule has 1 saturated heterocycles. The van der Waals surface area contributed by atoms with Crippen molar-refractivity contribution in [2.45, 2.75) is 25.8 Å². The molecule has 6 nitrogen and oxygen atoms in total. The number of nitrogen functional groups attached to an aromatic ring is 1. The van der Waals surface area contributed by atoms with Gasteiger partial charge in [0.15, 0.2) is 0 Å². The van der Waals surface area contributed by atoms with Crippen molar-refractivity contribution in [2.75, 3.05) is 18.8 Å². The molecule has 1 aliphatic rings. The molecule has 1 aliphatic heterocycles. The third-order valence-corrected chi connectivity index (χ3v) is 5.31. The lowest BCUT2D eigenvalue weighted by Crippen LogP contribution is -2.29. The van der Waals surface area contributed by atoms with E-state index in [1.807, 2.05) is 6.07 Å². The monoisotopic (exact) mass is 346 g/mol. The second-order valence-electron chi connectivity index (χ2n) is 7.12. The molecule has 0 spiro atoms. The fourth-order valence-electron chi connectivity index (χ4n) is 3.98. The van der Waals surface area contributed by atoms with Gasteiger partial charge in [-0.1, -0.05) is 18.6 Å². The molecule has 0 saturated carbocycles. The van der Waals surface area contributed by atoms with Crippen LogP contribution in [-0.4, -0.2) is 38.2 Å². The van der Waals surface area contributed by atoms with Gasteiger partial charge in [0.1, 0.15) is 5.82 Å². The molecule has 4 aromatic rings. The Hall–Kier alpha value is -2.86. The summed E-state index contributed by atoms with van der Waals surface area (Å²) in [5.74, 6) is 0.579. The van der Waals surface area contributed by atoms with E-state index in [4.69, 9.17) is 5.73 Å². The van der Waals surface area contributed by atoms with Gasteiger partial charge in [-0.3, -0.25) is 10.00 Å². The van der Waals surface area contributed by atoms with Crippen LogP contribution in [0.4, 0.5) is 5.82 Å². The van der Waals surface area contributed by atoms with Gasteiger partial charge in [0.05, 0.1) is 16.7 Å². The molecular formula is C20H22N6. The largest absolute Gasteiger partial charge is 0.383 e. The average Bonchev–Trinajstić information content (AvgIpc) is 3.32. The number of hydrogen-bond acceptors (Lipinski definition) is 4. The number of rotatable bonds is 3. The van der Waals surface area contributed by atoms with E-state index in [1.165, 1.54) is 38.0 Å². The standard InChI is InChI=1S/C20H22N6/c21-20-16-11-14(12-26-8-2-1-3-9-26)23-19(16)15-5-4-13(10-18(15)24-20)17-6-7-22-25-17/h4-7,10-11,23H,1-3,8-9,12H2,(H2,21,24)(H,22,25). The van der Waals surface area contributed by atoms with Crippen LogP contribution in [0.5, 0.6) is 0 Å². The molecule has 4 heterocycles. The predicted molar refractivity (Wildman–Crippen MR) is 105 cm³/mol. The third-order valence-electron chi connectivity index (χ3n) is 5.31. The molecule has 26 heavy (non-hydrogen) atoms. The van der Waals surface area contributed by atoms with Crippen molar-refractivity contribution in [3.63, 3.8) is 0 Å². The highest BCUT2D eigenvalue weighted by molar-refractivity contribution is 6.08. The highest BCUT2D eigenvalue weighted by Crippen LogP contribution is 2.31. The summed E-state index contributed by atoms with van der Waals surface area (Å²) in [5.41, 5.74) is 11.5. The predicted octanol–water partition coefficient (Wildman–Crippen LogP) is 3.67. The summed E-state index contributed by atoms with van der Waals surface area (Å²) in [7, 11) is 0. The summed E-state index contributed by atoms with van der Waals surface area (Å²) in [4.78, 5) is 10.8. The third kappa shape index (κ3) is 2.63. The van der Waals surface area contributed by atoms with Crippen LogP contribution in [-0.2, 0) is 6.54 Å². The SMILES string of the molecule is Nc1nc2cc(-c3ccn[nH]3)ccc2c2[nH]c(CN3CCCCC3)cc12. The van der Waals surface area contributed by atoms with Crippen LogP contribution in [0.2, 0.25) is 0 Å². The van der Waals surface area contributed by atoms with Crippen molar-refractivity contribution < 1.29 is 0 Å². The number of fused-ring (bicyclic) bond motifs is 3. The van der Waals surface area contributed by atoms with Gasteiger partial charge in [-0.25, -0.2) is 4.98 Å². The van der Waals surface area contributed by atoms with Crippen LogP contribution >= 0.6 is 0 Å². The maximum absolute atomic E-state index is 6.27. The summed E-state index contributed by atoms with van der Waals surface area (Å²) < 4.78 is 0. The van der Waals surface area contributed by atoms with E-state index in [1.54, 1.807) is 6.20 Å². The zero-order valence-corrected chi connectivity index (χ0v) is 14.6. The minimum Gasteiger partial charge on any atom is -0.383 e. The van der Waals surface area contributed by atoms with Gasteiger partial charge in [-0.15, -0.1) is 0 Å². The first-order valence-electron chi connectivity index (χ1n) is 9.21. The van der Waals surface area contributed by atoms with Crippen LogP contribution in [0.25, 0.3) is 33.1 Å². The molecule has 5 rings (SSSR count). The first kappa shape index (κ1) is 15.4. The summed E-state index contributed by atoms with van der Waals surface area (Å²) in [5, 5.41) is 9.13. The summed E-state index contributed by atoms with van der Waals surface area (Å²) in [6.45, 7) is 3.30. The number of benzene rings is 1. The van der Waals surface area contributed by atoms with E-state index in [2.05, 4.69) is 49.3 Å². The van der Waals surface area contributed by atoms with Gasteiger partial charge in [-0.05, 0) is 44.1 Å². The number of pyridine rings is 1. The lowest BCUT2D eigenvalue weighted by atomic mass is 10.1. The van der Waals surface area contributed by atoms with E-state index in [9.17, 15) is 0 Å². The Balaban J connectivity index is 1.58. The Kier molecular flexibility index (Phi) is 3.64. The zero-order valence-electron chi connectivity index (χ0n) is 14.6. The first-order chi connectivity index (χ1) is 12.8. The number of aromatic amines is 2. The molecule has 6 heteroatoms.